The SMILES string of the molecule is COc1cc(C(=O)OC2CCCCC2)cc(Cl)c1OCc1ccccc1. The van der Waals surface area contributed by atoms with E-state index in [0.717, 1.165) is 31.2 Å². The van der Waals surface area contributed by atoms with Gasteiger partial charge in [0.05, 0.1) is 17.7 Å². The number of benzene rings is 2. The fraction of sp³-hybridized carbons (Fsp3) is 0.381. The monoisotopic (exact) mass is 374 g/mol. The Morgan fingerprint density at radius 1 is 1.12 bits per heavy atom. The molecular formula is C21H23ClO4. The second kappa shape index (κ2) is 8.95. The average molecular weight is 375 g/mol. The minimum Gasteiger partial charge on any atom is -0.493 e. The van der Waals surface area contributed by atoms with E-state index in [1.165, 1.54) is 13.5 Å². The predicted octanol–water partition coefficient (Wildman–Crippen LogP) is 5.42. The molecule has 0 saturated heterocycles. The number of halogens is 1. The van der Waals surface area contributed by atoms with E-state index >= 15 is 0 Å². The number of carbonyl (C=O) groups is 1. The van der Waals surface area contributed by atoms with Crippen LogP contribution in [0.15, 0.2) is 42.5 Å². The van der Waals surface area contributed by atoms with Gasteiger partial charge in [-0.3, -0.25) is 0 Å². The van der Waals surface area contributed by atoms with Crippen LogP contribution in [0.1, 0.15) is 48.0 Å². The Morgan fingerprint density at radius 3 is 2.54 bits per heavy atom. The quantitative estimate of drug-likeness (QED) is 0.633. The molecule has 0 radical (unpaired) electrons. The molecule has 0 heterocycles. The summed E-state index contributed by atoms with van der Waals surface area (Å²) in [7, 11) is 1.53. The summed E-state index contributed by atoms with van der Waals surface area (Å²) in [5.74, 6) is 0.475. The maximum absolute atomic E-state index is 12.4. The van der Waals surface area contributed by atoms with E-state index in [9.17, 15) is 4.79 Å². The van der Waals surface area contributed by atoms with Crippen molar-refractivity contribution in [3.63, 3.8) is 0 Å². The van der Waals surface area contributed by atoms with Gasteiger partial charge in [-0.1, -0.05) is 48.4 Å². The molecule has 1 saturated carbocycles. The topological polar surface area (TPSA) is 44.8 Å². The second-order valence-electron chi connectivity index (χ2n) is 6.43. The minimum atomic E-state index is -0.369. The maximum Gasteiger partial charge on any atom is 0.338 e. The van der Waals surface area contributed by atoms with Crippen molar-refractivity contribution < 1.29 is 19.0 Å². The first-order valence-electron chi connectivity index (χ1n) is 8.92. The van der Waals surface area contributed by atoms with E-state index in [0.29, 0.717) is 28.7 Å². The minimum absolute atomic E-state index is 0.00460. The molecule has 2 aromatic carbocycles. The van der Waals surface area contributed by atoms with Crippen molar-refractivity contribution in [2.75, 3.05) is 7.11 Å². The first-order valence-corrected chi connectivity index (χ1v) is 9.30. The zero-order valence-corrected chi connectivity index (χ0v) is 15.6. The molecule has 5 heteroatoms. The van der Waals surface area contributed by atoms with Gasteiger partial charge in [0, 0.05) is 0 Å². The Kier molecular flexibility index (Phi) is 6.40. The predicted molar refractivity (Wildman–Crippen MR) is 101 cm³/mol. The summed E-state index contributed by atoms with van der Waals surface area (Å²) in [6.07, 6.45) is 5.27. The molecule has 138 valence electrons. The van der Waals surface area contributed by atoms with Crippen molar-refractivity contribution in [2.24, 2.45) is 0 Å². The summed E-state index contributed by atoms with van der Waals surface area (Å²) >= 11 is 6.35. The largest absolute Gasteiger partial charge is 0.493 e. The number of hydrogen-bond acceptors (Lipinski definition) is 4. The Labute approximate surface area is 159 Å². The Hall–Kier alpha value is -2.20. The van der Waals surface area contributed by atoms with Crippen LogP contribution in [0.25, 0.3) is 0 Å². The highest BCUT2D eigenvalue weighted by Crippen LogP contribution is 2.37. The van der Waals surface area contributed by atoms with Crippen LogP contribution in [-0.2, 0) is 11.3 Å². The van der Waals surface area contributed by atoms with Gasteiger partial charge in [0.1, 0.15) is 12.7 Å². The van der Waals surface area contributed by atoms with Crippen molar-refractivity contribution in [2.45, 2.75) is 44.8 Å². The van der Waals surface area contributed by atoms with Crippen LogP contribution in [0.4, 0.5) is 0 Å². The lowest BCUT2D eigenvalue weighted by Gasteiger charge is -2.22. The summed E-state index contributed by atoms with van der Waals surface area (Å²) in [6, 6.07) is 13.0. The van der Waals surface area contributed by atoms with Crippen LogP contribution in [0.5, 0.6) is 11.5 Å². The lowest BCUT2D eigenvalue weighted by Crippen LogP contribution is -2.21. The van der Waals surface area contributed by atoms with E-state index in [4.69, 9.17) is 25.8 Å². The fourth-order valence-electron chi connectivity index (χ4n) is 3.11. The van der Waals surface area contributed by atoms with E-state index in [1.807, 2.05) is 30.3 Å². The van der Waals surface area contributed by atoms with Gasteiger partial charge in [0.15, 0.2) is 11.5 Å². The number of methoxy groups -OCH3 is 1. The molecule has 26 heavy (non-hydrogen) atoms. The molecule has 4 nitrogen and oxygen atoms in total. The van der Waals surface area contributed by atoms with Crippen molar-refractivity contribution in [1.29, 1.82) is 0 Å². The summed E-state index contributed by atoms with van der Waals surface area (Å²) < 4.78 is 16.8. The Bertz CT molecular complexity index is 739. The fourth-order valence-corrected chi connectivity index (χ4v) is 3.38. The van der Waals surface area contributed by atoms with Crippen molar-refractivity contribution in [1.82, 2.24) is 0 Å². The van der Waals surface area contributed by atoms with E-state index in [-0.39, 0.29) is 12.1 Å². The van der Waals surface area contributed by atoms with E-state index in [2.05, 4.69) is 0 Å². The van der Waals surface area contributed by atoms with Crippen molar-refractivity contribution in [3.05, 3.63) is 58.6 Å². The van der Waals surface area contributed by atoms with Gasteiger partial charge in [-0.2, -0.15) is 0 Å². The molecule has 0 unspecified atom stereocenters. The van der Waals surface area contributed by atoms with Crippen LogP contribution >= 0.6 is 11.6 Å². The Morgan fingerprint density at radius 2 is 1.85 bits per heavy atom. The summed E-state index contributed by atoms with van der Waals surface area (Å²) in [4.78, 5) is 12.4. The molecule has 0 aliphatic heterocycles. The first kappa shape index (κ1) is 18.6. The van der Waals surface area contributed by atoms with Gasteiger partial charge in [0.25, 0.3) is 0 Å². The molecule has 0 aromatic heterocycles. The molecule has 0 atom stereocenters. The summed E-state index contributed by atoms with van der Waals surface area (Å²) in [5, 5.41) is 0.330. The van der Waals surface area contributed by atoms with Gasteiger partial charge in [0.2, 0.25) is 0 Å². The van der Waals surface area contributed by atoms with Crippen LogP contribution in [0.2, 0.25) is 5.02 Å². The lowest BCUT2D eigenvalue weighted by atomic mass is 9.98. The summed E-state index contributed by atoms with van der Waals surface area (Å²) in [5.41, 5.74) is 1.40. The molecule has 2 aromatic rings. The van der Waals surface area contributed by atoms with Crippen LogP contribution in [0.3, 0.4) is 0 Å². The second-order valence-corrected chi connectivity index (χ2v) is 6.84. The molecule has 1 aliphatic rings. The third kappa shape index (κ3) is 4.70. The smallest absolute Gasteiger partial charge is 0.338 e. The molecule has 0 bridgehead atoms. The van der Waals surface area contributed by atoms with Gasteiger partial charge in [-0.15, -0.1) is 0 Å². The van der Waals surface area contributed by atoms with Crippen LogP contribution in [-0.4, -0.2) is 19.2 Å². The maximum atomic E-state index is 12.4. The number of hydrogen-bond donors (Lipinski definition) is 0. The van der Waals surface area contributed by atoms with Crippen LogP contribution < -0.4 is 9.47 Å². The van der Waals surface area contributed by atoms with Gasteiger partial charge < -0.3 is 14.2 Å². The molecule has 1 fully saturated rings. The molecular weight excluding hydrogens is 352 g/mol. The number of rotatable bonds is 6. The summed E-state index contributed by atoms with van der Waals surface area (Å²) in [6.45, 7) is 0.364. The highest BCUT2D eigenvalue weighted by atomic mass is 35.5. The molecule has 1 aliphatic carbocycles. The highest BCUT2D eigenvalue weighted by Gasteiger charge is 2.21. The molecule has 0 N–H and O–H groups in total. The molecule has 0 amide bonds. The third-order valence-electron chi connectivity index (χ3n) is 4.52. The van der Waals surface area contributed by atoms with Crippen LogP contribution in [0, 0.1) is 0 Å². The normalized spacial score (nSPS) is 14.7. The highest BCUT2D eigenvalue weighted by molar-refractivity contribution is 6.32. The zero-order chi connectivity index (χ0) is 18.4. The third-order valence-corrected chi connectivity index (χ3v) is 4.80. The average Bonchev–Trinajstić information content (AvgIpc) is 2.68. The van der Waals surface area contributed by atoms with E-state index < -0.39 is 0 Å². The number of esters is 1. The standard InChI is InChI=1S/C21H23ClO4/c1-24-19-13-16(21(23)26-17-10-6-3-7-11-17)12-18(22)20(19)25-14-15-8-4-2-5-9-15/h2,4-5,8-9,12-13,17H,3,6-7,10-11,14H2,1H3. The number of carbonyl (C=O) groups excluding carboxylic acids is 1. The van der Waals surface area contributed by atoms with Crippen molar-refractivity contribution in [3.8, 4) is 11.5 Å². The van der Waals surface area contributed by atoms with Gasteiger partial charge in [-0.05, 0) is 43.4 Å². The van der Waals surface area contributed by atoms with E-state index in [1.54, 1.807) is 12.1 Å². The first-order chi connectivity index (χ1) is 12.7. The lowest BCUT2D eigenvalue weighted by molar-refractivity contribution is 0.0210. The van der Waals surface area contributed by atoms with Gasteiger partial charge >= 0.3 is 5.97 Å². The number of ether oxygens (including phenoxy) is 3. The van der Waals surface area contributed by atoms with Gasteiger partial charge in [-0.25, -0.2) is 4.79 Å². The zero-order valence-electron chi connectivity index (χ0n) is 14.9. The Balaban J connectivity index is 1.72. The molecule has 3 rings (SSSR count). The van der Waals surface area contributed by atoms with Crippen molar-refractivity contribution >= 4 is 17.6 Å². The molecule has 0 spiro atoms.